The van der Waals surface area contributed by atoms with Crippen molar-refractivity contribution in [3.05, 3.63) is 46.7 Å². The van der Waals surface area contributed by atoms with Gasteiger partial charge in [0, 0.05) is 23.7 Å². The first-order chi connectivity index (χ1) is 14.1. The Kier molecular flexibility index (Phi) is 6.08. The van der Waals surface area contributed by atoms with Gasteiger partial charge in [-0.3, -0.25) is 4.90 Å². The summed E-state index contributed by atoms with van der Waals surface area (Å²) in [5.41, 5.74) is 0.173. The van der Waals surface area contributed by atoms with Crippen LogP contribution in [0.5, 0.6) is 5.75 Å². The van der Waals surface area contributed by atoms with Crippen molar-refractivity contribution < 1.29 is 19.4 Å². The van der Waals surface area contributed by atoms with Crippen LogP contribution in [-0.2, 0) is 10.3 Å². The Morgan fingerprint density at radius 2 is 2.00 bits per heavy atom. The molecule has 4 rings (SSSR count). The van der Waals surface area contributed by atoms with Gasteiger partial charge in [0.25, 0.3) is 0 Å². The van der Waals surface area contributed by atoms with Crippen LogP contribution in [0.4, 0.5) is 10.5 Å². The molecule has 1 amide bonds. The van der Waals surface area contributed by atoms with Crippen LogP contribution in [0.15, 0.2) is 41.8 Å². The zero-order valence-electron chi connectivity index (χ0n) is 16.8. The van der Waals surface area contributed by atoms with E-state index in [0.717, 1.165) is 61.6 Å². The summed E-state index contributed by atoms with van der Waals surface area (Å²) in [6.07, 6.45) is 3.03. The number of piperidine rings is 1. The third kappa shape index (κ3) is 4.57. The van der Waals surface area contributed by atoms with Crippen molar-refractivity contribution in [1.82, 2.24) is 4.90 Å². The first kappa shape index (κ1) is 20.2. The number of cyclic esters (lactones) is 1. The van der Waals surface area contributed by atoms with Crippen molar-refractivity contribution >= 4 is 23.1 Å². The number of hydrogen-bond acceptors (Lipinski definition) is 6. The topological polar surface area (TPSA) is 62.2 Å². The maximum Gasteiger partial charge on any atom is 0.414 e. The first-order valence-corrected chi connectivity index (χ1v) is 11.1. The highest BCUT2D eigenvalue weighted by molar-refractivity contribution is 7.10. The zero-order valence-corrected chi connectivity index (χ0v) is 17.6. The Hall–Kier alpha value is -2.09. The monoisotopic (exact) mass is 416 g/mol. The van der Waals surface area contributed by atoms with E-state index in [0.29, 0.717) is 6.54 Å². The van der Waals surface area contributed by atoms with Crippen molar-refractivity contribution in [3.8, 4) is 5.75 Å². The largest absolute Gasteiger partial charge is 0.497 e. The van der Waals surface area contributed by atoms with Gasteiger partial charge in [-0.15, -0.1) is 11.3 Å². The van der Waals surface area contributed by atoms with Crippen molar-refractivity contribution in [1.29, 1.82) is 0 Å². The van der Waals surface area contributed by atoms with E-state index in [4.69, 9.17) is 9.47 Å². The molecule has 0 aliphatic carbocycles. The van der Waals surface area contributed by atoms with Gasteiger partial charge in [-0.25, -0.2) is 4.79 Å². The van der Waals surface area contributed by atoms with E-state index in [2.05, 4.69) is 4.90 Å². The number of hydrogen-bond donors (Lipinski definition) is 1. The number of ether oxygens (including phenoxy) is 2. The van der Waals surface area contributed by atoms with Gasteiger partial charge in [0.2, 0.25) is 0 Å². The van der Waals surface area contributed by atoms with E-state index in [1.54, 1.807) is 23.3 Å². The molecule has 1 aromatic heterocycles. The van der Waals surface area contributed by atoms with Crippen LogP contribution < -0.4 is 9.64 Å². The van der Waals surface area contributed by atoms with Gasteiger partial charge in [0.15, 0.2) is 0 Å². The molecular weight excluding hydrogens is 388 g/mol. The lowest BCUT2D eigenvalue weighted by atomic mass is 9.90. The molecule has 29 heavy (non-hydrogen) atoms. The average molecular weight is 417 g/mol. The van der Waals surface area contributed by atoms with E-state index in [1.807, 2.05) is 41.8 Å². The molecule has 1 atom stereocenters. The minimum atomic E-state index is -0.662. The smallest absolute Gasteiger partial charge is 0.414 e. The lowest BCUT2D eigenvalue weighted by molar-refractivity contribution is -0.0235. The maximum absolute atomic E-state index is 12.2. The predicted octanol–water partition coefficient (Wildman–Crippen LogP) is 3.85. The van der Waals surface area contributed by atoms with Crippen molar-refractivity contribution in [2.45, 2.75) is 37.4 Å². The summed E-state index contributed by atoms with van der Waals surface area (Å²) in [6, 6.07) is 11.5. The van der Waals surface area contributed by atoms with Gasteiger partial charge in [0.05, 0.1) is 13.7 Å². The Balaban J connectivity index is 1.21. The summed E-state index contributed by atoms with van der Waals surface area (Å²) in [5.74, 6) is 0.769. The first-order valence-electron chi connectivity index (χ1n) is 10.2. The molecule has 0 bridgehead atoms. The fourth-order valence-electron chi connectivity index (χ4n) is 4.12. The molecule has 1 N–H and O–H groups in total. The van der Waals surface area contributed by atoms with Gasteiger partial charge in [0.1, 0.15) is 17.5 Å². The third-order valence-corrected chi connectivity index (χ3v) is 6.98. The highest BCUT2D eigenvalue weighted by Gasteiger charge is 2.35. The molecule has 2 fully saturated rings. The van der Waals surface area contributed by atoms with Crippen LogP contribution in [0.3, 0.4) is 0 Å². The summed E-state index contributed by atoms with van der Waals surface area (Å²) in [6.45, 7) is 3.36. The average Bonchev–Trinajstić information content (AvgIpc) is 3.40. The molecule has 1 aromatic carbocycles. The summed E-state index contributed by atoms with van der Waals surface area (Å²) >= 11 is 1.64. The molecule has 2 aliphatic rings. The minimum Gasteiger partial charge on any atom is -0.497 e. The summed E-state index contributed by atoms with van der Waals surface area (Å²) in [7, 11) is 1.63. The van der Waals surface area contributed by atoms with Crippen LogP contribution in [0.2, 0.25) is 0 Å². The molecule has 2 saturated heterocycles. The lowest BCUT2D eigenvalue weighted by Crippen LogP contribution is -2.42. The number of rotatable bonds is 7. The quantitative estimate of drug-likeness (QED) is 0.743. The van der Waals surface area contributed by atoms with Gasteiger partial charge in [-0.2, -0.15) is 0 Å². The molecule has 6 nitrogen and oxygen atoms in total. The molecule has 3 heterocycles. The van der Waals surface area contributed by atoms with Crippen molar-refractivity contribution in [3.63, 3.8) is 0 Å². The molecule has 0 saturated carbocycles. The van der Waals surface area contributed by atoms with Crippen molar-refractivity contribution in [2.24, 2.45) is 0 Å². The Morgan fingerprint density at radius 1 is 1.24 bits per heavy atom. The number of carbonyl (C=O) groups is 1. The Bertz CT molecular complexity index is 801. The second-order valence-corrected chi connectivity index (χ2v) is 8.75. The summed E-state index contributed by atoms with van der Waals surface area (Å²) in [4.78, 5) is 17.4. The number of nitrogens with zero attached hydrogens (tertiary/aromatic N) is 2. The number of amides is 1. The predicted molar refractivity (Wildman–Crippen MR) is 114 cm³/mol. The maximum atomic E-state index is 12.2. The summed E-state index contributed by atoms with van der Waals surface area (Å²) in [5, 5.41) is 12.9. The number of methoxy groups -OCH3 is 1. The van der Waals surface area contributed by atoms with E-state index in [1.165, 1.54) is 0 Å². The molecule has 0 spiro atoms. The Morgan fingerprint density at radius 3 is 2.66 bits per heavy atom. The van der Waals surface area contributed by atoms with E-state index < -0.39 is 5.60 Å². The van der Waals surface area contributed by atoms with Crippen LogP contribution in [-0.4, -0.2) is 55.5 Å². The molecule has 7 heteroatoms. The highest BCUT2D eigenvalue weighted by Crippen LogP contribution is 2.35. The van der Waals surface area contributed by atoms with E-state index in [-0.39, 0.29) is 12.2 Å². The number of carbonyl (C=O) groups excluding carboxylic acids is 1. The van der Waals surface area contributed by atoms with Crippen LogP contribution in [0.25, 0.3) is 0 Å². The van der Waals surface area contributed by atoms with Crippen LogP contribution >= 0.6 is 11.3 Å². The van der Waals surface area contributed by atoms with E-state index in [9.17, 15) is 9.90 Å². The standard InChI is InChI=1S/C22H28N2O4S/c1-27-18-8-6-17(7-9-18)24-16-19(28-21(24)25)4-2-12-23-13-10-22(26,11-14-23)20-5-3-15-29-20/h3,5-9,15,19,26H,2,4,10-14,16H2,1H3. The van der Waals surface area contributed by atoms with Gasteiger partial charge >= 0.3 is 6.09 Å². The number of likely N-dealkylation sites (tertiary alicyclic amines) is 1. The van der Waals surface area contributed by atoms with Gasteiger partial charge < -0.3 is 19.5 Å². The molecule has 2 aromatic rings. The molecule has 1 unspecified atom stereocenters. The number of anilines is 1. The van der Waals surface area contributed by atoms with E-state index >= 15 is 0 Å². The molecule has 156 valence electrons. The molecule has 2 aliphatic heterocycles. The SMILES string of the molecule is COc1ccc(N2CC(CCCN3CCC(O)(c4cccs4)CC3)OC2=O)cc1. The summed E-state index contributed by atoms with van der Waals surface area (Å²) < 4.78 is 10.7. The van der Waals surface area contributed by atoms with Gasteiger partial charge in [-0.05, 0) is 67.9 Å². The van der Waals surface area contributed by atoms with Crippen LogP contribution in [0.1, 0.15) is 30.6 Å². The second-order valence-electron chi connectivity index (χ2n) is 7.81. The Labute approximate surface area is 175 Å². The van der Waals surface area contributed by atoms with Crippen LogP contribution in [0, 0.1) is 0 Å². The van der Waals surface area contributed by atoms with Gasteiger partial charge in [-0.1, -0.05) is 6.07 Å². The minimum absolute atomic E-state index is 0.0718. The lowest BCUT2D eigenvalue weighted by Gasteiger charge is -2.37. The fourth-order valence-corrected chi connectivity index (χ4v) is 5.01. The third-order valence-electron chi connectivity index (χ3n) is 5.92. The normalized spacial score (nSPS) is 21.9. The van der Waals surface area contributed by atoms with Crippen molar-refractivity contribution in [2.75, 3.05) is 38.2 Å². The number of aliphatic hydroxyl groups is 1. The second kappa shape index (κ2) is 8.73. The number of thiophene rings is 1. The molecular formula is C22H28N2O4S. The fraction of sp³-hybridized carbons (Fsp3) is 0.500. The number of benzene rings is 1. The highest BCUT2D eigenvalue weighted by atomic mass is 32.1. The molecule has 0 radical (unpaired) electrons. The zero-order chi connectivity index (χ0) is 20.3.